The number of nitrogens with zero attached hydrogens (tertiary/aromatic N) is 2. The Balaban J connectivity index is 2.45. The SMILES string of the molecule is CCCCCN(CCC(=O)O)Cc1ccncc1. The fourth-order valence-electron chi connectivity index (χ4n) is 1.86. The maximum absolute atomic E-state index is 10.6. The summed E-state index contributed by atoms with van der Waals surface area (Å²) in [6.07, 6.45) is 7.26. The molecular formula is C14H22N2O2. The molecule has 4 heteroatoms. The quantitative estimate of drug-likeness (QED) is 0.684. The van der Waals surface area contributed by atoms with Crippen LogP contribution in [-0.4, -0.2) is 34.0 Å². The van der Waals surface area contributed by atoms with Crippen LogP contribution in [0.5, 0.6) is 0 Å². The van der Waals surface area contributed by atoms with Crippen molar-refractivity contribution >= 4 is 5.97 Å². The van der Waals surface area contributed by atoms with Gasteiger partial charge in [-0.15, -0.1) is 0 Å². The second-order valence-corrected chi connectivity index (χ2v) is 4.48. The van der Waals surface area contributed by atoms with E-state index >= 15 is 0 Å². The molecule has 0 aromatic carbocycles. The number of aromatic nitrogens is 1. The van der Waals surface area contributed by atoms with Gasteiger partial charge in [0.15, 0.2) is 0 Å². The summed E-state index contributed by atoms with van der Waals surface area (Å²) in [5.41, 5.74) is 1.19. The molecule has 1 heterocycles. The molecule has 100 valence electrons. The van der Waals surface area contributed by atoms with Crippen molar-refractivity contribution in [1.29, 1.82) is 0 Å². The summed E-state index contributed by atoms with van der Waals surface area (Å²) >= 11 is 0. The van der Waals surface area contributed by atoms with Crippen LogP contribution in [0.1, 0.15) is 38.2 Å². The van der Waals surface area contributed by atoms with Gasteiger partial charge in [0.2, 0.25) is 0 Å². The Bertz CT molecular complexity index is 341. The lowest BCUT2D eigenvalue weighted by molar-refractivity contribution is -0.137. The molecule has 0 saturated carbocycles. The molecule has 1 aromatic heterocycles. The van der Waals surface area contributed by atoms with E-state index in [0.717, 1.165) is 19.5 Å². The predicted molar refractivity (Wildman–Crippen MR) is 71.3 cm³/mol. The zero-order valence-electron chi connectivity index (χ0n) is 11.0. The van der Waals surface area contributed by atoms with Crippen molar-refractivity contribution in [3.05, 3.63) is 30.1 Å². The van der Waals surface area contributed by atoms with Gasteiger partial charge < -0.3 is 5.11 Å². The summed E-state index contributed by atoms with van der Waals surface area (Å²) in [6, 6.07) is 3.96. The smallest absolute Gasteiger partial charge is 0.304 e. The maximum Gasteiger partial charge on any atom is 0.304 e. The van der Waals surface area contributed by atoms with Crippen molar-refractivity contribution in [3.63, 3.8) is 0 Å². The third-order valence-corrected chi connectivity index (χ3v) is 2.88. The number of pyridine rings is 1. The van der Waals surface area contributed by atoms with Crippen molar-refractivity contribution in [2.75, 3.05) is 13.1 Å². The summed E-state index contributed by atoms with van der Waals surface area (Å²) < 4.78 is 0. The normalized spacial score (nSPS) is 10.8. The lowest BCUT2D eigenvalue weighted by atomic mass is 10.2. The van der Waals surface area contributed by atoms with Crippen molar-refractivity contribution in [2.45, 2.75) is 39.2 Å². The second kappa shape index (κ2) is 8.64. The van der Waals surface area contributed by atoms with E-state index in [1.807, 2.05) is 12.1 Å². The lowest BCUT2D eigenvalue weighted by Crippen LogP contribution is -2.27. The zero-order chi connectivity index (χ0) is 13.2. The fourth-order valence-corrected chi connectivity index (χ4v) is 1.86. The van der Waals surface area contributed by atoms with E-state index < -0.39 is 5.97 Å². The highest BCUT2D eigenvalue weighted by Gasteiger charge is 2.08. The molecule has 0 unspecified atom stereocenters. The number of rotatable bonds is 9. The summed E-state index contributed by atoms with van der Waals surface area (Å²) in [6.45, 7) is 4.55. The lowest BCUT2D eigenvalue weighted by Gasteiger charge is -2.21. The van der Waals surface area contributed by atoms with Crippen LogP contribution in [-0.2, 0) is 11.3 Å². The largest absolute Gasteiger partial charge is 0.481 e. The van der Waals surface area contributed by atoms with Gasteiger partial charge in [0.25, 0.3) is 0 Å². The van der Waals surface area contributed by atoms with Crippen LogP contribution in [0.25, 0.3) is 0 Å². The summed E-state index contributed by atoms with van der Waals surface area (Å²) in [7, 11) is 0. The van der Waals surface area contributed by atoms with Crippen LogP contribution in [0, 0.1) is 0 Å². The number of aliphatic carboxylic acids is 1. The van der Waals surface area contributed by atoms with Gasteiger partial charge in [-0.3, -0.25) is 14.7 Å². The minimum atomic E-state index is -0.731. The van der Waals surface area contributed by atoms with E-state index in [1.165, 1.54) is 18.4 Å². The van der Waals surface area contributed by atoms with Crippen LogP contribution in [0.3, 0.4) is 0 Å². The van der Waals surface area contributed by atoms with Crippen molar-refractivity contribution in [2.24, 2.45) is 0 Å². The van der Waals surface area contributed by atoms with E-state index in [0.29, 0.717) is 6.54 Å². The van der Waals surface area contributed by atoms with Gasteiger partial charge in [-0.2, -0.15) is 0 Å². The summed E-state index contributed by atoms with van der Waals surface area (Å²) in [5.74, 6) is -0.731. The van der Waals surface area contributed by atoms with E-state index in [9.17, 15) is 4.79 Å². The average molecular weight is 250 g/mol. The Hall–Kier alpha value is -1.42. The second-order valence-electron chi connectivity index (χ2n) is 4.48. The first-order valence-corrected chi connectivity index (χ1v) is 6.55. The monoisotopic (exact) mass is 250 g/mol. The van der Waals surface area contributed by atoms with Crippen LogP contribution < -0.4 is 0 Å². The molecule has 0 aliphatic rings. The summed E-state index contributed by atoms with van der Waals surface area (Å²) in [5, 5.41) is 8.76. The molecule has 18 heavy (non-hydrogen) atoms. The Kier molecular flexibility index (Phi) is 7.03. The van der Waals surface area contributed by atoms with E-state index in [4.69, 9.17) is 5.11 Å². The Labute approximate surface area is 109 Å². The Morgan fingerprint density at radius 2 is 2.00 bits per heavy atom. The molecule has 0 saturated heterocycles. The van der Waals surface area contributed by atoms with Gasteiger partial charge in [-0.05, 0) is 30.7 Å². The molecule has 1 N–H and O–H groups in total. The van der Waals surface area contributed by atoms with Crippen molar-refractivity contribution in [3.8, 4) is 0 Å². The maximum atomic E-state index is 10.6. The molecule has 0 radical (unpaired) electrons. The first-order chi connectivity index (χ1) is 8.72. The number of hydrogen-bond donors (Lipinski definition) is 1. The molecule has 0 bridgehead atoms. The minimum Gasteiger partial charge on any atom is -0.481 e. The number of hydrogen-bond acceptors (Lipinski definition) is 3. The molecule has 1 rings (SSSR count). The molecule has 0 spiro atoms. The fraction of sp³-hybridized carbons (Fsp3) is 0.571. The highest BCUT2D eigenvalue weighted by Crippen LogP contribution is 2.06. The highest BCUT2D eigenvalue weighted by molar-refractivity contribution is 5.66. The van der Waals surface area contributed by atoms with Crippen molar-refractivity contribution in [1.82, 2.24) is 9.88 Å². The molecule has 0 aliphatic carbocycles. The minimum absolute atomic E-state index is 0.206. The first-order valence-electron chi connectivity index (χ1n) is 6.55. The first kappa shape index (κ1) is 14.6. The van der Waals surface area contributed by atoms with Gasteiger partial charge in [-0.1, -0.05) is 19.8 Å². The van der Waals surface area contributed by atoms with Crippen LogP contribution >= 0.6 is 0 Å². The predicted octanol–water partition coefficient (Wildman–Crippen LogP) is 2.55. The molecule has 1 aromatic rings. The van der Waals surface area contributed by atoms with Gasteiger partial charge in [-0.25, -0.2) is 0 Å². The number of carbonyl (C=O) groups is 1. The topological polar surface area (TPSA) is 53.4 Å². The third kappa shape index (κ3) is 6.35. The van der Waals surface area contributed by atoms with Crippen LogP contribution in [0.2, 0.25) is 0 Å². The van der Waals surface area contributed by atoms with Crippen molar-refractivity contribution < 1.29 is 9.90 Å². The van der Waals surface area contributed by atoms with Gasteiger partial charge in [0.05, 0.1) is 6.42 Å². The molecule has 4 nitrogen and oxygen atoms in total. The molecular weight excluding hydrogens is 228 g/mol. The van der Waals surface area contributed by atoms with Gasteiger partial charge >= 0.3 is 5.97 Å². The average Bonchev–Trinajstić information content (AvgIpc) is 2.37. The van der Waals surface area contributed by atoms with Crippen LogP contribution in [0.15, 0.2) is 24.5 Å². The van der Waals surface area contributed by atoms with E-state index in [2.05, 4.69) is 16.8 Å². The zero-order valence-corrected chi connectivity index (χ0v) is 11.0. The van der Waals surface area contributed by atoms with E-state index in [1.54, 1.807) is 12.4 Å². The van der Waals surface area contributed by atoms with Gasteiger partial charge in [0.1, 0.15) is 0 Å². The molecule has 0 amide bonds. The molecule has 0 aliphatic heterocycles. The number of carboxylic acid groups (broad SMARTS) is 1. The highest BCUT2D eigenvalue weighted by atomic mass is 16.4. The van der Waals surface area contributed by atoms with E-state index in [-0.39, 0.29) is 6.42 Å². The number of carboxylic acids is 1. The third-order valence-electron chi connectivity index (χ3n) is 2.88. The van der Waals surface area contributed by atoms with Gasteiger partial charge in [0, 0.05) is 25.5 Å². The molecule has 0 atom stereocenters. The Morgan fingerprint density at radius 1 is 1.28 bits per heavy atom. The standard InChI is InChI=1S/C14H22N2O2/c1-2-3-4-10-16(11-7-14(17)18)12-13-5-8-15-9-6-13/h5-6,8-9H,2-4,7,10-12H2,1H3,(H,17,18). The summed E-state index contributed by atoms with van der Waals surface area (Å²) in [4.78, 5) is 16.8. The van der Waals surface area contributed by atoms with Crippen LogP contribution in [0.4, 0.5) is 0 Å². The number of unbranched alkanes of at least 4 members (excludes halogenated alkanes) is 2. The Morgan fingerprint density at radius 3 is 2.61 bits per heavy atom. The molecule has 0 fully saturated rings.